The lowest BCUT2D eigenvalue weighted by Crippen LogP contribution is -2.52. The van der Waals surface area contributed by atoms with Crippen LogP contribution in [-0.2, 0) is 32.1 Å². The third-order valence-electron chi connectivity index (χ3n) is 10.8. The van der Waals surface area contributed by atoms with Crippen molar-refractivity contribution in [2.24, 2.45) is 10.2 Å². The number of carbonyl (C=O) groups excluding carboxylic acids is 5. The van der Waals surface area contributed by atoms with Crippen molar-refractivity contribution in [2.75, 3.05) is 27.3 Å². The molecule has 7 rings (SSSR count). The van der Waals surface area contributed by atoms with Crippen LogP contribution in [0.1, 0.15) is 82.4 Å². The van der Waals surface area contributed by atoms with E-state index in [1.807, 2.05) is 30.4 Å². The lowest BCUT2D eigenvalue weighted by atomic mass is 9.91. The molecule has 59 heavy (non-hydrogen) atoms. The second kappa shape index (κ2) is 17.7. The number of H-pyrrole nitrogens is 1. The normalized spacial score (nSPS) is 16.2. The van der Waals surface area contributed by atoms with E-state index in [1.165, 1.54) is 4.90 Å². The number of hydrogen-bond acceptors (Lipinski definition) is 11. The monoisotopic (exact) mass is 798 g/mol. The molecule has 0 spiro atoms. The highest BCUT2D eigenvalue weighted by atomic mass is 16.5. The van der Waals surface area contributed by atoms with Crippen LogP contribution in [0.15, 0.2) is 83.8 Å². The number of rotatable bonds is 16. The Balaban J connectivity index is 0.814. The lowest BCUT2D eigenvalue weighted by Gasteiger charge is -2.29. The number of imide groups is 1. The van der Waals surface area contributed by atoms with Gasteiger partial charge in [0.25, 0.3) is 5.91 Å². The molecule has 304 valence electrons. The molecule has 0 radical (unpaired) electrons. The van der Waals surface area contributed by atoms with Crippen molar-refractivity contribution in [1.29, 1.82) is 0 Å². The predicted octanol–water partition coefficient (Wildman–Crippen LogP) is 6.08. The summed E-state index contributed by atoms with van der Waals surface area (Å²) in [5.74, 6) is 0.0244. The molecule has 1 unspecified atom stereocenters. The number of azo groups is 1. The zero-order valence-electron chi connectivity index (χ0n) is 33.3. The van der Waals surface area contributed by atoms with Crippen LogP contribution in [0.25, 0.3) is 11.3 Å². The molecule has 15 heteroatoms. The van der Waals surface area contributed by atoms with Gasteiger partial charge in [0.05, 0.1) is 36.1 Å². The summed E-state index contributed by atoms with van der Waals surface area (Å²) in [6.07, 6.45) is 6.75. The van der Waals surface area contributed by atoms with Gasteiger partial charge in [0.1, 0.15) is 24.1 Å². The van der Waals surface area contributed by atoms with Gasteiger partial charge >= 0.3 is 0 Å². The number of benzene rings is 3. The van der Waals surface area contributed by atoms with E-state index in [4.69, 9.17) is 9.47 Å². The van der Waals surface area contributed by atoms with E-state index >= 15 is 0 Å². The number of nitrogens with zero attached hydrogens (tertiary/aromatic N) is 5. The van der Waals surface area contributed by atoms with Gasteiger partial charge in [-0.2, -0.15) is 15.3 Å². The van der Waals surface area contributed by atoms with Crippen LogP contribution in [-0.4, -0.2) is 82.8 Å². The fraction of sp³-hybridized carbons (Fsp3) is 0.318. The molecule has 3 N–H and O–H groups in total. The van der Waals surface area contributed by atoms with Gasteiger partial charge in [0.2, 0.25) is 17.7 Å². The maximum absolute atomic E-state index is 13.1. The number of amides is 4. The van der Waals surface area contributed by atoms with Crippen molar-refractivity contribution in [3.63, 3.8) is 0 Å². The molecule has 0 bridgehead atoms. The Kier molecular flexibility index (Phi) is 12.1. The molecule has 3 aliphatic rings. The minimum absolute atomic E-state index is 0.0679. The Morgan fingerprint density at radius 1 is 1.03 bits per heavy atom. The molecule has 0 aliphatic carbocycles. The number of aromatic nitrogens is 2. The number of fused-ring (bicyclic) bond motifs is 2. The van der Waals surface area contributed by atoms with Gasteiger partial charge in [0.15, 0.2) is 5.78 Å². The van der Waals surface area contributed by atoms with Gasteiger partial charge in [-0.3, -0.25) is 34.4 Å². The molecule has 1 aromatic heterocycles. The fourth-order valence-corrected chi connectivity index (χ4v) is 7.55. The highest BCUT2D eigenvalue weighted by Gasteiger charge is 2.40. The average Bonchev–Trinajstić information content (AvgIpc) is 3.85. The molecule has 1 atom stereocenters. The summed E-state index contributed by atoms with van der Waals surface area (Å²) in [7, 11) is 3.61. The van der Waals surface area contributed by atoms with Crippen molar-refractivity contribution >= 4 is 52.1 Å². The molecular weight excluding hydrogens is 753 g/mol. The van der Waals surface area contributed by atoms with E-state index in [1.54, 1.807) is 49.6 Å². The van der Waals surface area contributed by atoms with Gasteiger partial charge in [-0.25, -0.2) is 0 Å². The Morgan fingerprint density at radius 3 is 2.63 bits per heavy atom. The minimum atomic E-state index is -0.714. The van der Waals surface area contributed by atoms with Crippen LogP contribution < -0.4 is 20.1 Å². The molecule has 15 nitrogen and oxygen atoms in total. The fourth-order valence-electron chi connectivity index (χ4n) is 7.55. The predicted molar refractivity (Wildman–Crippen MR) is 219 cm³/mol. The van der Waals surface area contributed by atoms with Crippen molar-refractivity contribution in [2.45, 2.75) is 64.5 Å². The number of methoxy groups -OCH3 is 1. The van der Waals surface area contributed by atoms with Crippen LogP contribution in [0.4, 0.5) is 11.4 Å². The van der Waals surface area contributed by atoms with Gasteiger partial charge in [-0.15, -0.1) is 0 Å². The SMILES string of the molecule is C=C1c2[nH]ncc2C(c2cc(C)c(CCCC(=O)NCCCC(=O)COc3ccc(N=Nc4cccc5c4CN(C4CCC(=O)NC4=O)C5=O)cc3)c(OC)c2)=CN1C. The summed E-state index contributed by atoms with van der Waals surface area (Å²) in [6, 6.07) is 15.4. The van der Waals surface area contributed by atoms with Crippen molar-refractivity contribution < 1.29 is 33.4 Å². The summed E-state index contributed by atoms with van der Waals surface area (Å²) in [5.41, 5.74) is 9.06. The maximum Gasteiger partial charge on any atom is 0.255 e. The van der Waals surface area contributed by atoms with E-state index in [0.717, 1.165) is 45.0 Å². The van der Waals surface area contributed by atoms with Crippen LogP contribution in [0.3, 0.4) is 0 Å². The van der Waals surface area contributed by atoms with Gasteiger partial charge < -0.3 is 24.6 Å². The van der Waals surface area contributed by atoms with Crippen LogP contribution in [0.5, 0.6) is 11.5 Å². The van der Waals surface area contributed by atoms with Crippen LogP contribution in [0, 0.1) is 6.92 Å². The molecule has 1 saturated heterocycles. The molecule has 3 aliphatic heterocycles. The first-order chi connectivity index (χ1) is 28.5. The largest absolute Gasteiger partial charge is 0.496 e. The van der Waals surface area contributed by atoms with Crippen molar-refractivity contribution in [3.05, 3.63) is 113 Å². The van der Waals surface area contributed by atoms with Crippen molar-refractivity contribution in [1.82, 2.24) is 30.6 Å². The number of ether oxygens (including phenoxy) is 2. The smallest absolute Gasteiger partial charge is 0.255 e. The molecule has 4 amide bonds. The summed E-state index contributed by atoms with van der Waals surface area (Å²) >= 11 is 0. The number of ketones is 1. The minimum Gasteiger partial charge on any atom is -0.496 e. The maximum atomic E-state index is 13.1. The molecule has 1 fully saturated rings. The zero-order valence-corrected chi connectivity index (χ0v) is 33.3. The van der Waals surface area contributed by atoms with E-state index in [0.29, 0.717) is 60.5 Å². The quantitative estimate of drug-likeness (QED) is 0.0687. The number of aromatic amines is 1. The summed E-state index contributed by atoms with van der Waals surface area (Å²) in [4.78, 5) is 65.7. The molecule has 4 aromatic rings. The first-order valence-electron chi connectivity index (χ1n) is 19.6. The standard InChI is InChI=1S/C44H46N8O7/c1-26-20-28(35-23-51(3)27(2)42-34(35)22-46-50-42)21-39(58-4)32(26)9-6-12-40(54)45-19-7-8-30(53)25-59-31-15-13-29(14-16-31)48-49-37-11-5-10-33-36(37)24-52(44(33)57)38-17-18-41(55)47-43(38)56/h5,10-11,13-16,20-23,38H,2,6-9,12,17-19,24-25H2,1,3-4H3,(H,45,54)(H,46,50)(H,47,55,56). The third kappa shape index (κ3) is 8.98. The lowest BCUT2D eigenvalue weighted by molar-refractivity contribution is -0.137. The van der Waals surface area contributed by atoms with Gasteiger partial charge in [-0.05, 0) is 91.8 Å². The van der Waals surface area contributed by atoms with E-state index < -0.39 is 11.9 Å². The second-order valence-electron chi connectivity index (χ2n) is 14.8. The number of piperidine rings is 1. The Bertz CT molecular complexity index is 2380. The highest BCUT2D eigenvalue weighted by molar-refractivity contribution is 6.06. The van der Waals surface area contributed by atoms with E-state index in [-0.39, 0.29) is 55.9 Å². The summed E-state index contributed by atoms with van der Waals surface area (Å²) < 4.78 is 11.5. The number of aryl methyl sites for hydroxylation is 1. The Labute approximate surface area is 341 Å². The first-order valence-corrected chi connectivity index (χ1v) is 19.6. The molecule has 3 aromatic carbocycles. The topological polar surface area (TPSA) is 188 Å². The number of Topliss-reactive ketones (excluding diaryl/α,β-unsaturated/α-hetero) is 1. The number of carbonyl (C=O) groups is 5. The number of nitrogens with one attached hydrogen (secondary N) is 3. The first kappa shape index (κ1) is 40.3. The molecule has 4 heterocycles. The number of hydrogen-bond donors (Lipinski definition) is 3. The summed E-state index contributed by atoms with van der Waals surface area (Å²) in [6.45, 7) is 6.68. The molecule has 0 saturated carbocycles. The average molecular weight is 799 g/mol. The summed E-state index contributed by atoms with van der Waals surface area (Å²) in [5, 5.41) is 21.2. The van der Waals surface area contributed by atoms with E-state index in [2.05, 4.69) is 50.6 Å². The van der Waals surface area contributed by atoms with Crippen molar-refractivity contribution in [3.8, 4) is 11.5 Å². The Hall–Kier alpha value is -6.90. The molecular formula is C44H46N8O7. The highest BCUT2D eigenvalue weighted by Crippen LogP contribution is 2.38. The second-order valence-corrected chi connectivity index (χ2v) is 14.8. The van der Waals surface area contributed by atoms with Crippen LogP contribution >= 0.6 is 0 Å². The third-order valence-corrected chi connectivity index (χ3v) is 10.8. The zero-order chi connectivity index (χ0) is 41.6. The van der Waals surface area contributed by atoms with Gasteiger partial charge in [0, 0.05) is 67.9 Å². The van der Waals surface area contributed by atoms with Gasteiger partial charge in [-0.1, -0.05) is 18.7 Å². The Morgan fingerprint density at radius 2 is 1.85 bits per heavy atom. The van der Waals surface area contributed by atoms with Crippen LogP contribution in [0.2, 0.25) is 0 Å². The van der Waals surface area contributed by atoms with E-state index in [9.17, 15) is 24.0 Å².